The Hall–Kier alpha value is 0.150. The number of hydrogen-bond donors (Lipinski definition) is 6. The van der Waals surface area contributed by atoms with Gasteiger partial charge in [-0.15, -0.1) is 0 Å². The van der Waals surface area contributed by atoms with Gasteiger partial charge in [0.05, 0.1) is 31.3 Å². The van der Waals surface area contributed by atoms with E-state index in [9.17, 15) is 15.3 Å². The molecule has 0 bridgehead atoms. The molecule has 6 N–H and O–H groups in total. The van der Waals surface area contributed by atoms with Crippen LogP contribution in [0.5, 0.6) is 0 Å². The van der Waals surface area contributed by atoms with E-state index in [0.29, 0.717) is 6.61 Å². The van der Waals surface area contributed by atoms with Crippen molar-refractivity contribution in [2.75, 3.05) is 26.4 Å². The molecular formula is C29H63O7P. The van der Waals surface area contributed by atoms with Crippen LogP contribution >= 0.6 is 8.60 Å². The lowest BCUT2D eigenvalue weighted by molar-refractivity contribution is -0.117. The van der Waals surface area contributed by atoms with Crippen molar-refractivity contribution in [2.45, 2.75) is 155 Å². The molecule has 0 amide bonds. The first-order valence-electron chi connectivity index (χ1n) is 15.2. The molecule has 1 unspecified atom stereocenters. The topological polar surface area (TPSA) is 131 Å². The fourth-order valence-corrected chi connectivity index (χ4v) is 4.65. The van der Waals surface area contributed by atoms with E-state index in [1.165, 1.54) is 109 Å². The summed E-state index contributed by atoms with van der Waals surface area (Å²) in [7, 11) is -2.62. The van der Waals surface area contributed by atoms with E-state index >= 15 is 0 Å². The molecule has 0 aromatic heterocycles. The van der Waals surface area contributed by atoms with E-state index in [1.807, 2.05) is 0 Å². The number of ether oxygens (including phenoxy) is 1. The van der Waals surface area contributed by atoms with Crippen molar-refractivity contribution in [2.24, 2.45) is 5.41 Å². The van der Waals surface area contributed by atoms with Crippen molar-refractivity contribution in [3.63, 3.8) is 0 Å². The van der Waals surface area contributed by atoms with Crippen LogP contribution in [0.1, 0.15) is 149 Å². The first kappa shape index (κ1) is 39.3. The van der Waals surface area contributed by atoms with Gasteiger partial charge in [0.25, 0.3) is 0 Å². The molecule has 0 radical (unpaired) electrons. The van der Waals surface area contributed by atoms with E-state index in [0.717, 1.165) is 25.7 Å². The second-order valence-electron chi connectivity index (χ2n) is 10.6. The fraction of sp³-hybridized carbons (Fsp3) is 1.00. The number of rotatable bonds is 27. The predicted molar refractivity (Wildman–Crippen MR) is 155 cm³/mol. The van der Waals surface area contributed by atoms with Crippen LogP contribution in [0, 0.1) is 5.41 Å². The average Bonchev–Trinajstić information content (AvgIpc) is 2.88. The number of aliphatic hydroxyl groups excluding tert-OH is 3. The second-order valence-corrected chi connectivity index (χ2v) is 11.2. The lowest BCUT2D eigenvalue weighted by Crippen LogP contribution is -2.46. The summed E-state index contributed by atoms with van der Waals surface area (Å²) in [4.78, 5) is 21.7. The summed E-state index contributed by atoms with van der Waals surface area (Å²) in [6, 6.07) is 0. The quantitative estimate of drug-likeness (QED) is 0.0489. The third-order valence-corrected chi connectivity index (χ3v) is 7.26. The monoisotopic (exact) mass is 554 g/mol. The minimum Gasteiger partial charge on any atom is -0.396 e. The molecule has 0 heterocycles. The second kappa shape index (κ2) is 30.7. The van der Waals surface area contributed by atoms with Crippen LogP contribution in [0.3, 0.4) is 0 Å². The van der Waals surface area contributed by atoms with Gasteiger partial charge in [-0.25, -0.2) is 0 Å². The van der Waals surface area contributed by atoms with Crippen molar-refractivity contribution >= 4 is 8.60 Å². The maximum atomic E-state index is 9.89. The van der Waals surface area contributed by atoms with Crippen molar-refractivity contribution < 1.29 is 34.7 Å². The van der Waals surface area contributed by atoms with E-state index in [4.69, 9.17) is 19.4 Å². The van der Waals surface area contributed by atoms with Crippen LogP contribution in [0.25, 0.3) is 0 Å². The molecule has 0 saturated carbocycles. The summed E-state index contributed by atoms with van der Waals surface area (Å²) in [5, 5.41) is 29.7. The normalized spacial score (nSPS) is 12.6. The molecule has 0 fully saturated rings. The smallest absolute Gasteiger partial charge is 0.324 e. The molecule has 0 aliphatic carbocycles. The highest BCUT2D eigenvalue weighted by Gasteiger charge is 2.38. The van der Waals surface area contributed by atoms with E-state index < -0.39 is 14.0 Å². The SMILES string of the molecule is CCCCCCCCCCCCOC(CCCCCCCCCCCC)C(CO)(CO)CO.OP(O)O. The minimum atomic E-state index is -2.62. The first-order valence-corrected chi connectivity index (χ1v) is 16.4. The Labute approximate surface area is 230 Å². The predicted octanol–water partition coefficient (Wildman–Crippen LogP) is 6.76. The maximum Gasteiger partial charge on any atom is 0.324 e. The fourth-order valence-electron chi connectivity index (χ4n) is 4.65. The highest BCUT2D eigenvalue weighted by atomic mass is 31.2. The molecule has 0 spiro atoms. The zero-order valence-electron chi connectivity index (χ0n) is 24.3. The third-order valence-electron chi connectivity index (χ3n) is 7.26. The van der Waals surface area contributed by atoms with Gasteiger partial charge < -0.3 is 34.7 Å². The van der Waals surface area contributed by atoms with E-state index in [2.05, 4.69) is 13.8 Å². The van der Waals surface area contributed by atoms with Crippen molar-refractivity contribution in [1.82, 2.24) is 0 Å². The summed E-state index contributed by atoms with van der Waals surface area (Å²) < 4.78 is 6.15. The Balaban J connectivity index is 0. The first-order chi connectivity index (χ1) is 17.9. The molecule has 1 atom stereocenters. The van der Waals surface area contributed by atoms with Gasteiger partial charge in [-0.3, -0.25) is 0 Å². The lowest BCUT2D eigenvalue weighted by Gasteiger charge is -2.36. The summed E-state index contributed by atoms with van der Waals surface area (Å²) in [5.41, 5.74) is -0.933. The minimum absolute atomic E-state index is 0.236. The van der Waals surface area contributed by atoms with Gasteiger partial charge in [0.1, 0.15) is 0 Å². The Bertz CT molecular complexity index is 412. The highest BCUT2D eigenvalue weighted by molar-refractivity contribution is 7.38. The molecule has 0 aliphatic rings. The van der Waals surface area contributed by atoms with Crippen LogP contribution in [0.4, 0.5) is 0 Å². The lowest BCUT2D eigenvalue weighted by atomic mass is 9.81. The van der Waals surface area contributed by atoms with Crippen molar-refractivity contribution in [1.29, 1.82) is 0 Å². The van der Waals surface area contributed by atoms with Crippen molar-refractivity contribution in [3.8, 4) is 0 Å². The summed E-state index contributed by atoms with van der Waals surface area (Å²) in [6.45, 7) is 4.46. The molecule has 7 nitrogen and oxygen atoms in total. The maximum absolute atomic E-state index is 9.89. The number of hydrogen-bond acceptors (Lipinski definition) is 7. The standard InChI is InChI=1S/C29H60O4.H3O3P/c1-3-5-7-9-11-13-15-17-19-21-23-28(29(25-30,26-31)27-32)33-24-22-20-18-16-14-12-10-8-6-4-2;1-4(2)3/h28,30-32H,3-27H2,1-2H3;1-3H. The van der Waals surface area contributed by atoms with Gasteiger partial charge >= 0.3 is 8.60 Å². The van der Waals surface area contributed by atoms with Crippen LogP contribution in [0.15, 0.2) is 0 Å². The molecule has 8 heteroatoms. The largest absolute Gasteiger partial charge is 0.396 e. The molecule has 37 heavy (non-hydrogen) atoms. The Kier molecular flexibility index (Phi) is 32.6. The average molecular weight is 555 g/mol. The number of aliphatic hydroxyl groups is 3. The van der Waals surface area contributed by atoms with Gasteiger partial charge in [0.15, 0.2) is 0 Å². The van der Waals surface area contributed by atoms with Crippen LogP contribution in [-0.2, 0) is 4.74 Å². The Morgan fingerprint density at radius 2 is 0.811 bits per heavy atom. The zero-order valence-corrected chi connectivity index (χ0v) is 25.2. The van der Waals surface area contributed by atoms with E-state index in [-0.39, 0.29) is 25.9 Å². The molecular weight excluding hydrogens is 491 g/mol. The Morgan fingerprint density at radius 1 is 0.514 bits per heavy atom. The highest BCUT2D eigenvalue weighted by Crippen LogP contribution is 2.28. The number of unbranched alkanes of at least 4 members (excludes halogenated alkanes) is 18. The molecule has 0 aromatic carbocycles. The molecule has 226 valence electrons. The van der Waals surface area contributed by atoms with Crippen LogP contribution in [-0.4, -0.2) is 62.5 Å². The van der Waals surface area contributed by atoms with Gasteiger partial charge in [0, 0.05) is 6.61 Å². The van der Waals surface area contributed by atoms with Crippen LogP contribution in [0.2, 0.25) is 0 Å². The third kappa shape index (κ3) is 26.2. The molecule has 0 aliphatic heterocycles. The molecule has 0 saturated heterocycles. The molecule has 0 rings (SSSR count). The summed E-state index contributed by atoms with van der Waals surface area (Å²) >= 11 is 0. The summed E-state index contributed by atoms with van der Waals surface area (Å²) in [6.07, 6.45) is 26.2. The van der Waals surface area contributed by atoms with Crippen molar-refractivity contribution in [3.05, 3.63) is 0 Å². The van der Waals surface area contributed by atoms with Gasteiger partial charge in [-0.1, -0.05) is 136 Å². The molecule has 0 aromatic rings. The van der Waals surface area contributed by atoms with Crippen LogP contribution < -0.4 is 0 Å². The van der Waals surface area contributed by atoms with Gasteiger partial charge in [-0.2, -0.15) is 0 Å². The zero-order chi connectivity index (χ0) is 28.0. The Morgan fingerprint density at radius 3 is 1.14 bits per heavy atom. The van der Waals surface area contributed by atoms with E-state index in [1.54, 1.807) is 0 Å². The van der Waals surface area contributed by atoms with Gasteiger partial charge in [-0.05, 0) is 12.8 Å². The van der Waals surface area contributed by atoms with Gasteiger partial charge in [0.2, 0.25) is 0 Å². The summed E-state index contributed by atoms with van der Waals surface area (Å²) in [5.74, 6) is 0.